The van der Waals surface area contributed by atoms with Crippen LogP contribution in [-0.4, -0.2) is 39.9 Å². The number of benzene rings is 1. The van der Waals surface area contributed by atoms with Gasteiger partial charge in [0.15, 0.2) is 0 Å². The second kappa shape index (κ2) is 6.83. The lowest BCUT2D eigenvalue weighted by Gasteiger charge is -2.08. The molecule has 0 aliphatic carbocycles. The first kappa shape index (κ1) is 15.1. The maximum absolute atomic E-state index is 13.1. The smallest absolute Gasteiger partial charge is 0.338 e. The number of rotatable bonds is 5. The van der Waals surface area contributed by atoms with Crippen LogP contribution < -0.4 is 10.6 Å². The van der Waals surface area contributed by atoms with Gasteiger partial charge in [0.25, 0.3) is 0 Å². The average Bonchev–Trinajstić information content (AvgIpc) is 2.30. The van der Waals surface area contributed by atoms with E-state index in [9.17, 15) is 18.2 Å². The van der Waals surface area contributed by atoms with E-state index in [0.717, 1.165) is 12.1 Å². The third kappa shape index (κ3) is 5.04. The number of aromatic carboxylic acids is 1. The Hall–Kier alpha value is -1.96. The van der Waals surface area contributed by atoms with Crippen molar-refractivity contribution >= 4 is 28.5 Å². The van der Waals surface area contributed by atoms with Gasteiger partial charge in [0.1, 0.15) is 5.82 Å². The van der Waals surface area contributed by atoms with Crippen LogP contribution in [0.3, 0.4) is 0 Å². The van der Waals surface area contributed by atoms with Gasteiger partial charge >= 0.3 is 12.0 Å². The number of carbonyl (C=O) groups excluding carboxylic acids is 1. The summed E-state index contributed by atoms with van der Waals surface area (Å²) < 4.78 is 23.9. The molecule has 0 bridgehead atoms. The normalized spacial score (nSPS) is 11.7. The van der Waals surface area contributed by atoms with Crippen LogP contribution in [0.2, 0.25) is 0 Å². The summed E-state index contributed by atoms with van der Waals surface area (Å²) in [5.41, 5.74) is -0.360. The molecular weight excluding hydrogens is 275 g/mol. The van der Waals surface area contributed by atoms with E-state index in [1.165, 1.54) is 12.3 Å². The first-order valence-electron chi connectivity index (χ1n) is 5.28. The van der Waals surface area contributed by atoms with Crippen LogP contribution in [0.5, 0.6) is 0 Å². The molecule has 0 heterocycles. The number of anilines is 1. The lowest BCUT2D eigenvalue weighted by molar-refractivity contribution is 0.0692. The fourth-order valence-electron chi connectivity index (χ4n) is 1.25. The fourth-order valence-corrected chi connectivity index (χ4v) is 1.64. The summed E-state index contributed by atoms with van der Waals surface area (Å²) in [5, 5.41) is 13.5. The summed E-state index contributed by atoms with van der Waals surface area (Å²) in [6.45, 7) is 0.224. The number of urea groups is 1. The summed E-state index contributed by atoms with van der Waals surface area (Å²) >= 11 is 0. The number of hydrogen-bond acceptors (Lipinski definition) is 3. The number of carbonyl (C=O) groups is 2. The zero-order chi connectivity index (χ0) is 14.4. The van der Waals surface area contributed by atoms with E-state index in [1.807, 2.05) is 0 Å². The molecule has 0 aliphatic rings. The largest absolute Gasteiger partial charge is 0.478 e. The van der Waals surface area contributed by atoms with Crippen molar-refractivity contribution in [3.63, 3.8) is 0 Å². The van der Waals surface area contributed by atoms with Gasteiger partial charge in [-0.25, -0.2) is 14.0 Å². The van der Waals surface area contributed by atoms with Crippen molar-refractivity contribution in [2.75, 3.05) is 23.9 Å². The van der Waals surface area contributed by atoms with E-state index in [4.69, 9.17) is 5.11 Å². The van der Waals surface area contributed by atoms with Crippen molar-refractivity contribution in [1.82, 2.24) is 5.32 Å². The topological polar surface area (TPSA) is 95.5 Å². The Kier molecular flexibility index (Phi) is 5.43. The van der Waals surface area contributed by atoms with E-state index < -0.39 is 34.2 Å². The Morgan fingerprint density at radius 1 is 1.42 bits per heavy atom. The van der Waals surface area contributed by atoms with Gasteiger partial charge < -0.3 is 15.7 Å². The molecule has 0 saturated carbocycles. The van der Waals surface area contributed by atoms with E-state index in [-0.39, 0.29) is 12.2 Å². The molecule has 0 aliphatic heterocycles. The van der Waals surface area contributed by atoms with Gasteiger partial charge in [-0.15, -0.1) is 0 Å². The average molecular weight is 288 g/mol. The lowest BCUT2D eigenvalue weighted by atomic mass is 10.2. The molecule has 0 spiro atoms. The molecule has 0 fully saturated rings. The minimum atomic E-state index is -1.41. The first-order chi connectivity index (χ1) is 8.90. The third-order valence-corrected chi connectivity index (χ3v) is 2.91. The Bertz CT molecular complexity index is 521. The highest BCUT2D eigenvalue weighted by Crippen LogP contribution is 2.14. The minimum Gasteiger partial charge on any atom is -0.478 e. The molecule has 2 amide bonds. The van der Waals surface area contributed by atoms with E-state index >= 15 is 0 Å². The van der Waals surface area contributed by atoms with Gasteiger partial charge in [-0.2, -0.15) is 0 Å². The van der Waals surface area contributed by atoms with Gasteiger partial charge in [0.05, 0.1) is 5.56 Å². The zero-order valence-corrected chi connectivity index (χ0v) is 10.9. The maximum atomic E-state index is 13.1. The number of nitrogens with one attached hydrogen (secondary N) is 2. The number of amides is 2. The molecule has 1 aromatic rings. The number of carboxylic acid groups (broad SMARTS) is 1. The highest BCUT2D eigenvalue weighted by Gasteiger charge is 2.11. The van der Waals surface area contributed by atoms with Crippen LogP contribution in [0, 0.1) is 5.82 Å². The molecular formula is C11H13FN2O4S. The fraction of sp³-hybridized carbons (Fsp3) is 0.273. The van der Waals surface area contributed by atoms with Crippen molar-refractivity contribution < 1.29 is 23.3 Å². The number of carboxylic acids is 1. The second-order valence-electron chi connectivity index (χ2n) is 3.66. The predicted molar refractivity (Wildman–Crippen MR) is 69.3 cm³/mol. The van der Waals surface area contributed by atoms with Crippen molar-refractivity contribution in [1.29, 1.82) is 0 Å². The summed E-state index contributed by atoms with van der Waals surface area (Å²) in [4.78, 5) is 22.1. The predicted octanol–water partition coefficient (Wildman–Crippen LogP) is 1.02. The number of hydrogen-bond donors (Lipinski definition) is 3. The summed E-state index contributed by atoms with van der Waals surface area (Å²) in [6.07, 6.45) is 1.51. The van der Waals surface area contributed by atoms with Crippen LogP contribution in [0.1, 0.15) is 10.4 Å². The summed E-state index contributed by atoms with van der Waals surface area (Å²) in [6, 6.07) is 2.66. The Labute approximate surface area is 111 Å². The van der Waals surface area contributed by atoms with Gasteiger partial charge in [-0.3, -0.25) is 4.21 Å². The summed E-state index contributed by atoms with van der Waals surface area (Å²) in [7, 11) is -1.01. The van der Waals surface area contributed by atoms with Gasteiger partial charge in [-0.05, 0) is 18.2 Å². The molecule has 0 radical (unpaired) electrons. The molecule has 6 nitrogen and oxygen atoms in total. The molecule has 1 rings (SSSR count). The Morgan fingerprint density at radius 2 is 2.11 bits per heavy atom. The SMILES string of the molecule is CS(=O)CCNC(=O)Nc1ccc(F)c(C(=O)O)c1. The van der Waals surface area contributed by atoms with Gasteiger partial charge in [0, 0.05) is 35.0 Å². The van der Waals surface area contributed by atoms with Crippen molar-refractivity contribution in [2.45, 2.75) is 0 Å². The highest BCUT2D eigenvalue weighted by molar-refractivity contribution is 7.84. The van der Waals surface area contributed by atoms with Crippen LogP contribution in [0.4, 0.5) is 14.9 Å². The van der Waals surface area contributed by atoms with Crippen molar-refractivity contribution in [3.8, 4) is 0 Å². The standard InChI is InChI=1S/C11H13FN2O4S/c1-19(18)5-4-13-11(17)14-7-2-3-9(12)8(6-7)10(15)16/h2-3,6H,4-5H2,1H3,(H,15,16)(H2,13,14,17). The maximum Gasteiger partial charge on any atom is 0.338 e. The van der Waals surface area contributed by atoms with Crippen molar-refractivity contribution in [2.24, 2.45) is 0 Å². The molecule has 3 N–H and O–H groups in total. The molecule has 8 heteroatoms. The van der Waals surface area contributed by atoms with Crippen LogP contribution in [0.15, 0.2) is 18.2 Å². The molecule has 1 atom stereocenters. The van der Waals surface area contributed by atoms with Crippen molar-refractivity contribution in [3.05, 3.63) is 29.6 Å². The van der Waals surface area contributed by atoms with E-state index in [2.05, 4.69) is 10.6 Å². The lowest BCUT2D eigenvalue weighted by Crippen LogP contribution is -2.31. The second-order valence-corrected chi connectivity index (χ2v) is 5.21. The summed E-state index contributed by atoms with van der Waals surface area (Å²) in [5.74, 6) is -1.97. The quantitative estimate of drug-likeness (QED) is 0.754. The Balaban J connectivity index is 2.62. The van der Waals surface area contributed by atoms with Gasteiger partial charge in [-0.1, -0.05) is 0 Å². The van der Waals surface area contributed by atoms with E-state index in [1.54, 1.807) is 0 Å². The molecule has 1 unspecified atom stereocenters. The molecule has 19 heavy (non-hydrogen) atoms. The monoisotopic (exact) mass is 288 g/mol. The van der Waals surface area contributed by atoms with Crippen LogP contribution >= 0.6 is 0 Å². The van der Waals surface area contributed by atoms with Gasteiger partial charge in [0.2, 0.25) is 0 Å². The van der Waals surface area contributed by atoms with Crippen LogP contribution in [0.25, 0.3) is 0 Å². The zero-order valence-electron chi connectivity index (χ0n) is 10.1. The molecule has 104 valence electrons. The Morgan fingerprint density at radius 3 is 2.68 bits per heavy atom. The third-order valence-electron chi connectivity index (χ3n) is 2.13. The highest BCUT2D eigenvalue weighted by atomic mass is 32.2. The first-order valence-corrected chi connectivity index (χ1v) is 7.00. The molecule has 1 aromatic carbocycles. The number of halogens is 1. The molecule has 0 saturated heterocycles. The minimum absolute atomic E-state index is 0.161. The van der Waals surface area contributed by atoms with Crippen LogP contribution in [-0.2, 0) is 10.8 Å². The molecule has 0 aromatic heterocycles. The van der Waals surface area contributed by atoms with E-state index in [0.29, 0.717) is 5.75 Å².